The second kappa shape index (κ2) is 10.7. The van der Waals surface area contributed by atoms with Gasteiger partial charge in [-0.1, -0.05) is 36.5 Å². The molecule has 1 aliphatic heterocycles. The molecule has 0 spiro atoms. The Balaban J connectivity index is 1.54. The SMILES string of the molecule is CO[C@H]1CCN(c2nc3cc(-c4noc(=O)[nH]4)nc(-c4ccc(Cl)cn4)c3n2CC2CCC(C)CC2)[C@@H](C)C1. The van der Waals surface area contributed by atoms with Gasteiger partial charge in [0.15, 0.2) is 0 Å². The average Bonchev–Trinajstić information content (AvgIpc) is 3.53. The van der Waals surface area contributed by atoms with E-state index >= 15 is 0 Å². The zero-order valence-electron chi connectivity index (χ0n) is 22.6. The number of aromatic amines is 1. The predicted molar refractivity (Wildman–Crippen MR) is 150 cm³/mol. The van der Waals surface area contributed by atoms with Gasteiger partial charge in [-0.05, 0) is 62.6 Å². The Labute approximate surface area is 231 Å². The van der Waals surface area contributed by atoms with E-state index in [0.717, 1.165) is 48.8 Å². The maximum absolute atomic E-state index is 11.7. The minimum absolute atomic E-state index is 0.250. The summed E-state index contributed by atoms with van der Waals surface area (Å²) in [4.78, 5) is 31.5. The number of fused-ring (bicyclic) bond motifs is 1. The third-order valence-electron chi connectivity index (χ3n) is 8.35. The first-order chi connectivity index (χ1) is 18.9. The van der Waals surface area contributed by atoms with E-state index < -0.39 is 5.76 Å². The zero-order valence-corrected chi connectivity index (χ0v) is 23.3. The number of anilines is 1. The summed E-state index contributed by atoms with van der Waals surface area (Å²) in [6.07, 6.45) is 8.64. The highest BCUT2D eigenvalue weighted by Gasteiger charge is 2.32. The molecule has 1 aliphatic carbocycles. The van der Waals surface area contributed by atoms with E-state index in [1.807, 2.05) is 18.2 Å². The summed E-state index contributed by atoms with van der Waals surface area (Å²) >= 11 is 6.19. The first-order valence-electron chi connectivity index (χ1n) is 13.8. The lowest BCUT2D eigenvalue weighted by molar-refractivity contribution is 0.0716. The second-order valence-electron chi connectivity index (χ2n) is 11.1. The van der Waals surface area contributed by atoms with Gasteiger partial charge in [0.05, 0.1) is 27.9 Å². The summed E-state index contributed by atoms with van der Waals surface area (Å²) in [5.41, 5.74) is 3.51. The highest BCUT2D eigenvalue weighted by atomic mass is 35.5. The first kappa shape index (κ1) is 26.0. The number of methoxy groups -OCH3 is 1. The number of piperidine rings is 1. The molecule has 0 radical (unpaired) electrons. The van der Waals surface area contributed by atoms with E-state index in [1.165, 1.54) is 25.7 Å². The van der Waals surface area contributed by atoms with Crippen LogP contribution in [0.15, 0.2) is 33.7 Å². The van der Waals surface area contributed by atoms with Gasteiger partial charge in [-0.15, -0.1) is 0 Å². The Hall–Kier alpha value is -3.24. The monoisotopic (exact) mass is 551 g/mol. The van der Waals surface area contributed by atoms with E-state index in [0.29, 0.717) is 28.0 Å². The molecular formula is C28H34ClN7O3. The molecule has 10 nitrogen and oxygen atoms in total. The van der Waals surface area contributed by atoms with Crippen LogP contribution >= 0.6 is 11.6 Å². The van der Waals surface area contributed by atoms with E-state index in [-0.39, 0.29) is 18.0 Å². The highest BCUT2D eigenvalue weighted by molar-refractivity contribution is 6.30. The van der Waals surface area contributed by atoms with Crippen molar-refractivity contribution in [3.05, 3.63) is 40.0 Å². The third-order valence-corrected chi connectivity index (χ3v) is 8.58. The smallest absolute Gasteiger partial charge is 0.381 e. The Morgan fingerprint density at radius 1 is 1.13 bits per heavy atom. The maximum atomic E-state index is 11.7. The minimum atomic E-state index is -0.634. The molecule has 1 N–H and O–H groups in total. The molecule has 1 saturated carbocycles. The second-order valence-corrected chi connectivity index (χ2v) is 11.5. The van der Waals surface area contributed by atoms with E-state index in [4.69, 9.17) is 30.8 Å². The summed E-state index contributed by atoms with van der Waals surface area (Å²) in [7, 11) is 1.79. The topological polar surface area (TPSA) is 115 Å². The van der Waals surface area contributed by atoms with E-state index in [9.17, 15) is 4.79 Å². The molecule has 4 aromatic heterocycles. The zero-order chi connectivity index (χ0) is 27.1. The van der Waals surface area contributed by atoms with Crippen molar-refractivity contribution in [3.8, 4) is 22.9 Å². The minimum Gasteiger partial charge on any atom is -0.381 e. The van der Waals surface area contributed by atoms with E-state index in [2.05, 4.69) is 38.4 Å². The normalized spacial score (nSPS) is 23.9. The Morgan fingerprint density at radius 2 is 1.95 bits per heavy atom. The van der Waals surface area contributed by atoms with Gasteiger partial charge in [0, 0.05) is 32.4 Å². The number of ether oxygens (including phenoxy) is 1. The van der Waals surface area contributed by atoms with Crippen molar-refractivity contribution in [2.24, 2.45) is 11.8 Å². The van der Waals surface area contributed by atoms with Gasteiger partial charge >= 0.3 is 5.76 Å². The van der Waals surface area contributed by atoms with Crippen molar-refractivity contribution in [1.29, 1.82) is 0 Å². The maximum Gasteiger partial charge on any atom is 0.439 e. The number of hydrogen-bond acceptors (Lipinski definition) is 8. The highest BCUT2D eigenvalue weighted by Crippen LogP contribution is 2.38. The van der Waals surface area contributed by atoms with Gasteiger partial charge in [0.25, 0.3) is 0 Å². The van der Waals surface area contributed by atoms with Crippen molar-refractivity contribution in [2.75, 3.05) is 18.6 Å². The molecule has 5 heterocycles. The summed E-state index contributed by atoms with van der Waals surface area (Å²) in [5.74, 6) is 1.89. The Morgan fingerprint density at radius 3 is 2.62 bits per heavy atom. The molecule has 1 saturated heterocycles. The van der Waals surface area contributed by atoms with E-state index in [1.54, 1.807) is 13.3 Å². The quantitative estimate of drug-likeness (QED) is 0.342. The van der Waals surface area contributed by atoms with Gasteiger partial charge in [0.2, 0.25) is 11.8 Å². The van der Waals surface area contributed by atoms with Crippen molar-refractivity contribution in [2.45, 2.75) is 71.1 Å². The van der Waals surface area contributed by atoms with Gasteiger partial charge < -0.3 is 14.2 Å². The molecule has 6 rings (SSSR count). The number of nitrogens with zero attached hydrogens (tertiary/aromatic N) is 6. The van der Waals surface area contributed by atoms with Crippen LogP contribution in [0, 0.1) is 11.8 Å². The van der Waals surface area contributed by atoms with Crippen LogP contribution in [-0.2, 0) is 11.3 Å². The van der Waals surface area contributed by atoms with Gasteiger partial charge in [0.1, 0.15) is 11.4 Å². The number of halogens is 1. The van der Waals surface area contributed by atoms with Crippen LogP contribution in [0.4, 0.5) is 5.95 Å². The molecule has 2 aliphatic rings. The lowest BCUT2D eigenvalue weighted by Crippen LogP contribution is -2.44. The van der Waals surface area contributed by atoms with Crippen LogP contribution in [0.5, 0.6) is 0 Å². The number of aromatic nitrogens is 6. The fourth-order valence-electron chi connectivity index (χ4n) is 6.10. The molecule has 11 heteroatoms. The van der Waals surface area contributed by atoms with Crippen LogP contribution in [0.1, 0.15) is 52.4 Å². The van der Waals surface area contributed by atoms with Crippen molar-refractivity contribution in [3.63, 3.8) is 0 Å². The van der Waals surface area contributed by atoms with Gasteiger partial charge in [-0.3, -0.25) is 14.5 Å². The third kappa shape index (κ3) is 5.19. The molecule has 0 aromatic carbocycles. The number of nitrogens with one attached hydrogen (secondary N) is 1. The van der Waals surface area contributed by atoms with Crippen LogP contribution in [0.3, 0.4) is 0 Å². The lowest BCUT2D eigenvalue weighted by Gasteiger charge is -2.38. The van der Waals surface area contributed by atoms with Crippen LogP contribution in [0.25, 0.3) is 33.9 Å². The Bertz CT molecular complexity index is 1500. The molecular weight excluding hydrogens is 518 g/mol. The lowest BCUT2D eigenvalue weighted by atomic mass is 9.83. The molecule has 2 atom stereocenters. The van der Waals surface area contributed by atoms with Crippen molar-refractivity contribution < 1.29 is 9.26 Å². The number of H-pyrrole nitrogens is 1. The number of imidazole rings is 1. The number of rotatable bonds is 6. The molecule has 0 unspecified atom stereocenters. The largest absolute Gasteiger partial charge is 0.439 e. The van der Waals surface area contributed by atoms with Gasteiger partial charge in [-0.2, -0.15) is 0 Å². The predicted octanol–water partition coefficient (Wildman–Crippen LogP) is 5.32. The van der Waals surface area contributed by atoms with Crippen LogP contribution in [-0.4, -0.2) is 55.5 Å². The first-order valence-corrected chi connectivity index (χ1v) is 14.2. The molecule has 0 amide bonds. The molecule has 2 fully saturated rings. The fourth-order valence-corrected chi connectivity index (χ4v) is 6.21. The van der Waals surface area contributed by atoms with Gasteiger partial charge in [-0.25, -0.2) is 14.8 Å². The standard InChI is InChI=1S/C28H34ClN7O3/c1-16-4-6-18(7-5-16)15-36-25-22(32-27(36)35-11-10-20(38-3)12-17(35)2)13-23(26-33-28(37)39-34-26)31-24(25)21-9-8-19(29)14-30-21/h8-9,13-14,16-18,20H,4-7,10-12,15H2,1-3H3,(H,33,34,37)/t16?,17-,18?,20-/m0/s1. The summed E-state index contributed by atoms with van der Waals surface area (Å²) in [6, 6.07) is 5.81. The van der Waals surface area contributed by atoms with Crippen molar-refractivity contribution in [1.82, 2.24) is 29.7 Å². The summed E-state index contributed by atoms with van der Waals surface area (Å²) < 4.78 is 12.8. The summed E-state index contributed by atoms with van der Waals surface area (Å²) in [5, 5.41) is 4.43. The van der Waals surface area contributed by atoms with Crippen LogP contribution < -0.4 is 10.7 Å². The van der Waals surface area contributed by atoms with Crippen molar-refractivity contribution >= 4 is 28.6 Å². The molecule has 0 bridgehead atoms. The average molecular weight is 552 g/mol. The van der Waals surface area contributed by atoms with Crippen LogP contribution in [0.2, 0.25) is 5.02 Å². The fraction of sp³-hybridized carbons (Fsp3) is 0.536. The number of pyridine rings is 2. The molecule has 4 aromatic rings. The number of hydrogen-bond donors (Lipinski definition) is 1. The Kier molecular flexibility index (Phi) is 7.16. The molecule has 39 heavy (non-hydrogen) atoms. The molecule has 206 valence electrons. The summed E-state index contributed by atoms with van der Waals surface area (Å²) in [6.45, 7) is 6.30.